The van der Waals surface area contributed by atoms with E-state index in [0.29, 0.717) is 6.04 Å². The van der Waals surface area contributed by atoms with E-state index < -0.39 is 0 Å². The van der Waals surface area contributed by atoms with E-state index in [1.54, 1.807) is 0 Å². The van der Waals surface area contributed by atoms with Gasteiger partial charge in [0.15, 0.2) is 0 Å². The number of aryl methyl sites for hydroxylation is 1. The highest BCUT2D eigenvalue weighted by Crippen LogP contribution is 2.40. The van der Waals surface area contributed by atoms with Gasteiger partial charge < -0.3 is 5.32 Å². The van der Waals surface area contributed by atoms with Gasteiger partial charge in [0.05, 0.1) is 0 Å². The molecule has 1 unspecified atom stereocenters. The molecule has 1 aliphatic rings. The molecule has 1 fully saturated rings. The Morgan fingerprint density at radius 3 is 2.24 bits per heavy atom. The zero-order valence-corrected chi connectivity index (χ0v) is 14.4. The van der Waals surface area contributed by atoms with E-state index in [4.69, 9.17) is 0 Å². The van der Waals surface area contributed by atoms with Crippen molar-refractivity contribution in [2.45, 2.75) is 65.8 Å². The van der Waals surface area contributed by atoms with Crippen LogP contribution in [0.15, 0.2) is 24.3 Å². The normalized spacial score (nSPS) is 24.2. The van der Waals surface area contributed by atoms with Crippen molar-refractivity contribution in [2.75, 3.05) is 6.54 Å². The first-order valence-electron chi connectivity index (χ1n) is 8.92. The van der Waals surface area contributed by atoms with Gasteiger partial charge in [-0.25, -0.2) is 0 Å². The van der Waals surface area contributed by atoms with Crippen molar-refractivity contribution >= 4 is 0 Å². The number of nitrogens with one attached hydrogen (secondary N) is 1. The molecule has 0 aliphatic heterocycles. The molecule has 0 aromatic heterocycles. The summed E-state index contributed by atoms with van der Waals surface area (Å²) in [7, 11) is 0. The van der Waals surface area contributed by atoms with Gasteiger partial charge in [-0.15, -0.1) is 0 Å². The molecule has 1 N–H and O–H groups in total. The first-order valence-corrected chi connectivity index (χ1v) is 8.92. The largest absolute Gasteiger partial charge is 0.310 e. The van der Waals surface area contributed by atoms with Crippen molar-refractivity contribution in [2.24, 2.45) is 17.8 Å². The van der Waals surface area contributed by atoms with Gasteiger partial charge in [0.2, 0.25) is 0 Å². The Balaban J connectivity index is 2.09. The second-order valence-electron chi connectivity index (χ2n) is 7.21. The smallest absolute Gasteiger partial charge is 0.0351 e. The predicted molar refractivity (Wildman–Crippen MR) is 92.5 cm³/mol. The summed E-state index contributed by atoms with van der Waals surface area (Å²) >= 11 is 0. The first kappa shape index (κ1) is 16.5. The zero-order chi connectivity index (χ0) is 15.2. The fraction of sp³-hybridized carbons (Fsp3) is 0.700. The highest BCUT2D eigenvalue weighted by atomic mass is 14.9. The van der Waals surface area contributed by atoms with Gasteiger partial charge in [0, 0.05) is 6.04 Å². The zero-order valence-electron chi connectivity index (χ0n) is 14.4. The third-order valence-electron chi connectivity index (χ3n) is 5.37. The summed E-state index contributed by atoms with van der Waals surface area (Å²) < 4.78 is 0. The van der Waals surface area contributed by atoms with Crippen LogP contribution in [0.25, 0.3) is 0 Å². The topological polar surface area (TPSA) is 12.0 Å². The van der Waals surface area contributed by atoms with Gasteiger partial charge in [0.25, 0.3) is 0 Å². The maximum atomic E-state index is 3.84. The highest BCUT2D eigenvalue weighted by Gasteiger charge is 2.29. The quantitative estimate of drug-likeness (QED) is 0.728. The Labute approximate surface area is 131 Å². The lowest BCUT2D eigenvalue weighted by atomic mass is 9.73. The molecule has 0 heterocycles. The number of benzene rings is 1. The molecular formula is C20H33N. The molecule has 0 saturated heterocycles. The number of rotatable bonds is 6. The lowest BCUT2D eigenvalue weighted by molar-refractivity contribution is 0.189. The summed E-state index contributed by atoms with van der Waals surface area (Å²) in [6.45, 7) is 10.4. The van der Waals surface area contributed by atoms with Crippen LogP contribution in [-0.4, -0.2) is 6.54 Å². The Morgan fingerprint density at radius 2 is 1.67 bits per heavy atom. The van der Waals surface area contributed by atoms with Gasteiger partial charge in [0.1, 0.15) is 0 Å². The summed E-state index contributed by atoms with van der Waals surface area (Å²) in [5, 5.41) is 3.84. The molecule has 2 rings (SSSR count). The van der Waals surface area contributed by atoms with E-state index in [2.05, 4.69) is 57.3 Å². The van der Waals surface area contributed by atoms with Gasteiger partial charge >= 0.3 is 0 Å². The molecule has 118 valence electrons. The predicted octanol–water partition coefficient (Wildman–Crippen LogP) is 5.50. The van der Waals surface area contributed by atoms with Gasteiger partial charge in [-0.3, -0.25) is 0 Å². The van der Waals surface area contributed by atoms with Crippen LogP contribution in [0.5, 0.6) is 0 Å². The molecule has 0 radical (unpaired) electrons. The minimum atomic E-state index is 0.555. The van der Waals surface area contributed by atoms with E-state index in [0.717, 1.165) is 24.3 Å². The van der Waals surface area contributed by atoms with Crippen molar-refractivity contribution in [3.63, 3.8) is 0 Å². The SMILES string of the molecule is CCCNC(c1ccccc1C)C1CCC(C(C)C)CC1. The highest BCUT2D eigenvalue weighted by molar-refractivity contribution is 5.29. The van der Waals surface area contributed by atoms with E-state index in [-0.39, 0.29) is 0 Å². The van der Waals surface area contributed by atoms with Crippen LogP contribution in [0, 0.1) is 24.7 Å². The minimum absolute atomic E-state index is 0.555. The molecule has 1 aromatic rings. The number of hydrogen-bond acceptors (Lipinski definition) is 1. The molecule has 0 bridgehead atoms. The Morgan fingerprint density at radius 1 is 1.05 bits per heavy atom. The second kappa shape index (κ2) is 7.98. The van der Waals surface area contributed by atoms with Crippen LogP contribution in [0.2, 0.25) is 0 Å². The fourth-order valence-electron chi connectivity index (χ4n) is 3.91. The third kappa shape index (κ3) is 4.32. The molecule has 1 aliphatic carbocycles. The fourth-order valence-corrected chi connectivity index (χ4v) is 3.91. The van der Waals surface area contributed by atoms with Crippen LogP contribution in [0.4, 0.5) is 0 Å². The van der Waals surface area contributed by atoms with E-state index in [1.807, 2.05) is 0 Å². The average Bonchev–Trinajstić information content (AvgIpc) is 2.50. The third-order valence-corrected chi connectivity index (χ3v) is 5.37. The van der Waals surface area contributed by atoms with Crippen LogP contribution in [0.1, 0.15) is 70.0 Å². The summed E-state index contributed by atoms with van der Waals surface area (Å²) in [6.07, 6.45) is 6.82. The molecular weight excluding hydrogens is 254 g/mol. The van der Waals surface area contributed by atoms with E-state index >= 15 is 0 Å². The monoisotopic (exact) mass is 287 g/mol. The summed E-state index contributed by atoms with van der Waals surface area (Å²) in [4.78, 5) is 0. The maximum Gasteiger partial charge on any atom is 0.0351 e. The minimum Gasteiger partial charge on any atom is -0.310 e. The first-order chi connectivity index (χ1) is 10.1. The van der Waals surface area contributed by atoms with Crippen LogP contribution in [0.3, 0.4) is 0 Å². The standard InChI is InChI=1S/C20H33N/c1-5-14-21-20(19-9-7-6-8-16(19)4)18-12-10-17(11-13-18)15(2)3/h6-9,15,17-18,20-21H,5,10-14H2,1-4H3. The van der Waals surface area contributed by atoms with Gasteiger partial charge in [-0.05, 0) is 74.5 Å². The van der Waals surface area contributed by atoms with Crippen LogP contribution in [-0.2, 0) is 0 Å². The Kier molecular flexibility index (Phi) is 6.29. The molecule has 0 spiro atoms. The summed E-state index contributed by atoms with van der Waals surface area (Å²) in [5.74, 6) is 2.61. The average molecular weight is 287 g/mol. The summed E-state index contributed by atoms with van der Waals surface area (Å²) in [5.41, 5.74) is 2.97. The Hall–Kier alpha value is -0.820. The molecule has 0 amide bonds. The van der Waals surface area contributed by atoms with Crippen molar-refractivity contribution in [1.82, 2.24) is 5.32 Å². The van der Waals surface area contributed by atoms with E-state index in [9.17, 15) is 0 Å². The molecule has 1 nitrogen and oxygen atoms in total. The second-order valence-corrected chi connectivity index (χ2v) is 7.21. The van der Waals surface area contributed by atoms with Crippen molar-refractivity contribution < 1.29 is 0 Å². The summed E-state index contributed by atoms with van der Waals surface area (Å²) in [6, 6.07) is 9.50. The maximum absolute atomic E-state index is 3.84. The van der Waals surface area contributed by atoms with Crippen molar-refractivity contribution in [3.8, 4) is 0 Å². The molecule has 1 heteroatoms. The lowest BCUT2D eigenvalue weighted by Crippen LogP contribution is -2.32. The van der Waals surface area contributed by atoms with Gasteiger partial charge in [-0.1, -0.05) is 45.0 Å². The molecule has 1 saturated carbocycles. The van der Waals surface area contributed by atoms with Crippen LogP contribution >= 0.6 is 0 Å². The van der Waals surface area contributed by atoms with Crippen molar-refractivity contribution in [3.05, 3.63) is 35.4 Å². The lowest BCUT2D eigenvalue weighted by Gasteiger charge is -2.36. The van der Waals surface area contributed by atoms with E-state index in [1.165, 1.54) is 43.2 Å². The molecule has 1 aromatic carbocycles. The van der Waals surface area contributed by atoms with Crippen LogP contribution < -0.4 is 5.32 Å². The Bertz CT molecular complexity index is 416. The van der Waals surface area contributed by atoms with Crippen molar-refractivity contribution in [1.29, 1.82) is 0 Å². The molecule has 1 atom stereocenters. The molecule has 21 heavy (non-hydrogen) atoms. The van der Waals surface area contributed by atoms with Gasteiger partial charge in [-0.2, -0.15) is 0 Å². The number of hydrogen-bond donors (Lipinski definition) is 1.